The van der Waals surface area contributed by atoms with E-state index in [1.54, 1.807) is 17.9 Å². The van der Waals surface area contributed by atoms with Gasteiger partial charge in [0.25, 0.3) is 0 Å². The lowest BCUT2D eigenvalue weighted by Crippen LogP contribution is -2.26. The first-order chi connectivity index (χ1) is 7.94. The van der Waals surface area contributed by atoms with Crippen molar-refractivity contribution in [1.29, 1.82) is 0 Å². The zero-order chi connectivity index (χ0) is 12.9. The summed E-state index contributed by atoms with van der Waals surface area (Å²) in [5, 5.41) is 12.7. The Labute approximate surface area is 102 Å². The number of unbranched alkanes of at least 4 members (excludes halogenated alkanes) is 1. The molecule has 98 valence electrons. The number of nitrogens with one attached hydrogen (secondary N) is 1. The summed E-state index contributed by atoms with van der Waals surface area (Å²) < 4.78 is 27.3. The SMILES string of the molecule is Cc1nn(C)cc1CNS(=O)(=O)CCCCO. The molecule has 0 atom stereocenters. The highest BCUT2D eigenvalue weighted by Crippen LogP contribution is 2.05. The molecule has 0 aliphatic heterocycles. The van der Waals surface area contributed by atoms with Gasteiger partial charge < -0.3 is 5.11 Å². The molecule has 0 saturated heterocycles. The number of aryl methyl sites for hydroxylation is 2. The van der Waals surface area contributed by atoms with E-state index in [1.165, 1.54) is 0 Å². The number of nitrogens with zero attached hydrogens (tertiary/aromatic N) is 2. The highest BCUT2D eigenvalue weighted by atomic mass is 32.2. The molecule has 6 nitrogen and oxygen atoms in total. The quantitative estimate of drug-likeness (QED) is 0.672. The molecule has 0 unspecified atom stereocenters. The first-order valence-corrected chi connectivity index (χ1v) is 7.17. The molecule has 0 radical (unpaired) electrons. The van der Waals surface area contributed by atoms with Crippen LogP contribution in [0.15, 0.2) is 6.20 Å². The minimum absolute atomic E-state index is 0.0250. The largest absolute Gasteiger partial charge is 0.396 e. The van der Waals surface area contributed by atoms with Gasteiger partial charge in [0.1, 0.15) is 0 Å². The number of sulfonamides is 1. The molecule has 0 fully saturated rings. The zero-order valence-corrected chi connectivity index (χ0v) is 11.0. The van der Waals surface area contributed by atoms with Crippen LogP contribution >= 0.6 is 0 Å². The van der Waals surface area contributed by atoms with Crippen molar-refractivity contribution < 1.29 is 13.5 Å². The lowest BCUT2D eigenvalue weighted by Gasteiger charge is -2.05. The predicted molar refractivity (Wildman–Crippen MR) is 64.9 cm³/mol. The third-order valence-corrected chi connectivity index (χ3v) is 3.83. The maximum absolute atomic E-state index is 11.6. The fourth-order valence-electron chi connectivity index (χ4n) is 1.49. The Kier molecular flexibility index (Phi) is 5.10. The Hall–Kier alpha value is -0.920. The van der Waals surface area contributed by atoms with Crippen molar-refractivity contribution in [1.82, 2.24) is 14.5 Å². The van der Waals surface area contributed by atoms with Crippen molar-refractivity contribution in [3.63, 3.8) is 0 Å². The Balaban J connectivity index is 2.47. The van der Waals surface area contributed by atoms with E-state index in [-0.39, 0.29) is 18.9 Å². The molecule has 0 spiro atoms. The van der Waals surface area contributed by atoms with Crippen molar-refractivity contribution in [3.8, 4) is 0 Å². The molecule has 0 amide bonds. The van der Waals surface area contributed by atoms with Crippen LogP contribution in [0.25, 0.3) is 0 Å². The van der Waals surface area contributed by atoms with E-state index < -0.39 is 10.0 Å². The molecule has 1 aromatic rings. The molecular formula is C10H19N3O3S. The Morgan fingerprint density at radius 2 is 2.18 bits per heavy atom. The summed E-state index contributed by atoms with van der Waals surface area (Å²) in [6, 6.07) is 0. The van der Waals surface area contributed by atoms with Crippen LogP contribution < -0.4 is 4.72 Å². The van der Waals surface area contributed by atoms with E-state index in [9.17, 15) is 8.42 Å². The number of aliphatic hydroxyl groups excluding tert-OH is 1. The molecule has 17 heavy (non-hydrogen) atoms. The van der Waals surface area contributed by atoms with Crippen LogP contribution in [0.2, 0.25) is 0 Å². The van der Waals surface area contributed by atoms with Gasteiger partial charge in [-0.15, -0.1) is 0 Å². The molecule has 0 aromatic carbocycles. The van der Waals surface area contributed by atoms with Crippen LogP contribution in [0.1, 0.15) is 24.1 Å². The molecule has 0 aliphatic rings. The second-order valence-electron chi connectivity index (χ2n) is 3.98. The first-order valence-electron chi connectivity index (χ1n) is 5.52. The zero-order valence-electron chi connectivity index (χ0n) is 10.2. The average Bonchev–Trinajstić information content (AvgIpc) is 2.55. The van der Waals surface area contributed by atoms with Gasteiger partial charge in [0.15, 0.2) is 0 Å². The lowest BCUT2D eigenvalue weighted by molar-refractivity contribution is 0.287. The summed E-state index contributed by atoms with van der Waals surface area (Å²) in [4.78, 5) is 0. The third kappa shape index (κ3) is 4.84. The van der Waals surface area contributed by atoms with E-state index in [0.29, 0.717) is 12.8 Å². The number of hydrogen-bond acceptors (Lipinski definition) is 4. The van der Waals surface area contributed by atoms with Gasteiger partial charge >= 0.3 is 0 Å². The van der Waals surface area contributed by atoms with Crippen molar-refractivity contribution >= 4 is 10.0 Å². The van der Waals surface area contributed by atoms with Gasteiger partial charge in [0.2, 0.25) is 10.0 Å². The van der Waals surface area contributed by atoms with E-state index in [2.05, 4.69) is 9.82 Å². The maximum Gasteiger partial charge on any atom is 0.211 e. The average molecular weight is 261 g/mol. The fraction of sp³-hybridized carbons (Fsp3) is 0.700. The van der Waals surface area contributed by atoms with E-state index in [1.807, 2.05) is 6.92 Å². The van der Waals surface area contributed by atoms with Crippen molar-refractivity contribution in [3.05, 3.63) is 17.5 Å². The van der Waals surface area contributed by atoms with Gasteiger partial charge in [-0.05, 0) is 19.8 Å². The van der Waals surface area contributed by atoms with Crippen molar-refractivity contribution in [2.45, 2.75) is 26.3 Å². The summed E-state index contributed by atoms with van der Waals surface area (Å²) in [6.07, 6.45) is 2.77. The molecule has 1 rings (SSSR count). The third-order valence-electron chi connectivity index (χ3n) is 2.42. The summed E-state index contributed by atoms with van der Waals surface area (Å²) in [7, 11) is -1.46. The van der Waals surface area contributed by atoms with Crippen LogP contribution in [0, 0.1) is 6.92 Å². The number of hydrogen-bond donors (Lipinski definition) is 2. The molecule has 2 N–H and O–H groups in total. The first kappa shape index (κ1) is 14.1. The van der Waals surface area contributed by atoms with Gasteiger partial charge in [-0.1, -0.05) is 0 Å². The Morgan fingerprint density at radius 3 is 2.71 bits per heavy atom. The van der Waals surface area contributed by atoms with E-state index >= 15 is 0 Å². The van der Waals surface area contributed by atoms with E-state index in [0.717, 1.165) is 11.3 Å². The molecule has 0 saturated carbocycles. The molecular weight excluding hydrogens is 242 g/mol. The lowest BCUT2D eigenvalue weighted by atomic mass is 10.3. The highest BCUT2D eigenvalue weighted by Gasteiger charge is 2.11. The normalized spacial score (nSPS) is 11.9. The topological polar surface area (TPSA) is 84.2 Å². The van der Waals surface area contributed by atoms with Crippen LogP contribution in [-0.4, -0.2) is 35.7 Å². The Morgan fingerprint density at radius 1 is 1.47 bits per heavy atom. The van der Waals surface area contributed by atoms with Crippen molar-refractivity contribution in [2.24, 2.45) is 7.05 Å². The molecule has 0 bridgehead atoms. The smallest absolute Gasteiger partial charge is 0.211 e. The van der Waals surface area contributed by atoms with E-state index in [4.69, 9.17) is 5.11 Å². The van der Waals surface area contributed by atoms with Gasteiger partial charge in [0, 0.05) is 32.0 Å². The van der Waals surface area contributed by atoms with Crippen LogP contribution in [0.4, 0.5) is 0 Å². The second kappa shape index (κ2) is 6.13. The highest BCUT2D eigenvalue weighted by molar-refractivity contribution is 7.89. The number of rotatable bonds is 7. The van der Waals surface area contributed by atoms with Crippen molar-refractivity contribution in [2.75, 3.05) is 12.4 Å². The fourth-order valence-corrected chi connectivity index (χ4v) is 2.59. The van der Waals surface area contributed by atoms with Gasteiger partial charge in [0.05, 0.1) is 11.4 Å². The second-order valence-corrected chi connectivity index (χ2v) is 5.91. The molecule has 0 aliphatic carbocycles. The van der Waals surface area contributed by atoms with Crippen LogP contribution in [0.3, 0.4) is 0 Å². The van der Waals surface area contributed by atoms with Gasteiger partial charge in [-0.25, -0.2) is 13.1 Å². The molecule has 7 heteroatoms. The summed E-state index contributed by atoms with van der Waals surface area (Å²) in [5.74, 6) is 0.0485. The standard InChI is InChI=1S/C10H19N3O3S/c1-9-10(8-13(2)12-9)7-11-17(15,16)6-4-3-5-14/h8,11,14H,3-7H2,1-2H3. The summed E-state index contributed by atoms with van der Waals surface area (Å²) in [5.41, 5.74) is 1.70. The Bertz CT molecular complexity index is 453. The predicted octanol–water partition coefficient (Wildman–Crippen LogP) is -0.0796. The minimum Gasteiger partial charge on any atom is -0.396 e. The minimum atomic E-state index is -3.26. The summed E-state index contributed by atoms with van der Waals surface area (Å²) in [6.45, 7) is 2.13. The van der Waals surface area contributed by atoms with Gasteiger partial charge in [-0.3, -0.25) is 4.68 Å². The number of aliphatic hydroxyl groups is 1. The van der Waals surface area contributed by atoms with Crippen LogP contribution in [-0.2, 0) is 23.6 Å². The number of aromatic nitrogens is 2. The molecule has 1 heterocycles. The monoisotopic (exact) mass is 261 g/mol. The molecule has 1 aromatic heterocycles. The summed E-state index contributed by atoms with van der Waals surface area (Å²) >= 11 is 0. The van der Waals surface area contributed by atoms with Crippen LogP contribution in [0.5, 0.6) is 0 Å². The van der Waals surface area contributed by atoms with Gasteiger partial charge in [-0.2, -0.15) is 5.10 Å². The maximum atomic E-state index is 11.6.